The first-order chi connectivity index (χ1) is 10.8. The lowest BCUT2D eigenvalue weighted by Crippen LogP contribution is -2.45. The van der Waals surface area contributed by atoms with Gasteiger partial charge in [0.15, 0.2) is 6.04 Å². The highest BCUT2D eigenvalue weighted by atomic mass is 19.4. The van der Waals surface area contributed by atoms with Crippen LogP contribution in [0.25, 0.3) is 0 Å². The van der Waals surface area contributed by atoms with Crippen LogP contribution in [-0.4, -0.2) is 44.2 Å². The summed E-state index contributed by atoms with van der Waals surface area (Å²) in [6.07, 6.45) is -3.12. The van der Waals surface area contributed by atoms with Crippen LogP contribution < -0.4 is 10.1 Å². The van der Waals surface area contributed by atoms with E-state index in [0.29, 0.717) is 18.7 Å². The lowest BCUT2D eigenvalue weighted by atomic mass is 9.96. The molecular formula is C16H21F3N2O2. The molecule has 0 spiro atoms. The number of rotatable bonds is 4. The summed E-state index contributed by atoms with van der Waals surface area (Å²) in [7, 11) is 3.31. The summed E-state index contributed by atoms with van der Waals surface area (Å²) < 4.78 is 45.0. The maximum atomic E-state index is 13.3. The zero-order chi connectivity index (χ0) is 17.0. The van der Waals surface area contributed by atoms with Crippen LogP contribution in [0.4, 0.5) is 13.2 Å². The van der Waals surface area contributed by atoms with E-state index < -0.39 is 24.0 Å². The van der Waals surface area contributed by atoms with Gasteiger partial charge in [-0.05, 0) is 44.1 Å². The number of benzene rings is 1. The van der Waals surface area contributed by atoms with Crippen molar-refractivity contribution in [1.29, 1.82) is 0 Å². The summed E-state index contributed by atoms with van der Waals surface area (Å²) in [4.78, 5) is 14.2. The first-order valence-corrected chi connectivity index (χ1v) is 7.51. The van der Waals surface area contributed by atoms with Crippen LogP contribution in [0, 0.1) is 5.92 Å². The van der Waals surface area contributed by atoms with Gasteiger partial charge < -0.3 is 15.0 Å². The van der Waals surface area contributed by atoms with E-state index in [1.54, 1.807) is 0 Å². The molecule has 0 radical (unpaired) electrons. The molecule has 0 bridgehead atoms. The second-order valence-corrected chi connectivity index (χ2v) is 5.86. The van der Waals surface area contributed by atoms with Crippen molar-refractivity contribution in [3.05, 3.63) is 29.8 Å². The molecule has 1 aliphatic heterocycles. The standard InChI is InChI=1S/C16H21F3N2O2/c1-21-9-3-4-12(10-21)15(22)20-14(16(17,18)19)11-5-7-13(23-2)8-6-11/h5-8,12,14H,3-4,9-10H2,1-2H3,(H,20,22)/t12-,14+/m1/s1. The molecule has 1 saturated heterocycles. The highest BCUT2D eigenvalue weighted by molar-refractivity contribution is 5.79. The van der Waals surface area contributed by atoms with Crippen LogP contribution in [0.1, 0.15) is 24.4 Å². The second-order valence-electron chi connectivity index (χ2n) is 5.86. The number of hydrogen-bond donors (Lipinski definition) is 1. The van der Waals surface area contributed by atoms with Crippen molar-refractivity contribution >= 4 is 5.91 Å². The minimum absolute atomic E-state index is 0.00388. The van der Waals surface area contributed by atoms with Gasteiger partial charge in [-0.3, -0.25) is 4.79 Å². The first kappa shape index (κ1) is 17.6. The number of carbonyl (C=O) groups excluding carboxylic acids is 1. The minimum Gasteiger partial charge on any atom is -0.497 e. The topological polar surface area (TPSA) is 41.6 Å². The Labute approximate surface area is 133 Å². The Morgan fingerprint density at radius 1 is 1.35 bits per heavy atom. The van der Waals surface area contributed by atoms with Gasteiger partial charge in [0.1, 0.15) is 5.75 Å². The van der Waals surface area contributed by atoms with Crippen molar-refractivity contribution < 1.29 is 22.7 Å². The number of carbonyl (C=O) groups is 1. The fourth-order valence-electron chi connectivity index (χ4n) is 2.79. The van der Waals surface area contributed by atoms with Gasteiger partial charge in [0.2, 0.25) is 5.91 Å². The van der Waals surface area contributed by atoms with Crippen molar-refractivity contribution in [3.8, 4) is 5.75 Å². The van der Waals surface area contributed by atoms with Crippen molar-refractivity contribution in [2.24, 2.45) is 5.92 Å². The molecule has 0 aromatic heterocycles. The number of nitrogens with zero attached hydrogens (tertiary/aromatic N) is 1. The molecule has 0 unspecified atom stereocenters. The zero-order valence-electron chi connectivity index (χ0n) is 13.2. The maximum Gasteiger partial charge on any atom is 0.412 e. The highest BCUT2D eigenvalue weighted by Gasteiger charge is 2.42. The quantitative estimate of drug-likeness (QED) is 0.923. The predicted octanol–water partition coefficient (Wildman–Crippen LogP) is 2.76. The van der Waals surface area contributed by atoms with E-state index in [9.17, 15) is 18.0 Å². The number of alkyl halides is 3. The van der Waals surface area contributed by atoms with Crippen LogP contribution in [0.15, 0.2) is 24.3 Å². The molecule has 1 fully saturated rings. The van der Waals surface area contributed by atoms with E-state index in [4.69, 9.17) is 4.74 Å². The van der Waals surface area contributed by atoms with E-state index in [1.807, 2.05) is 11.9 Å². The monoisotopic (exact) mass is 330 g/mol. The van der Waals surface area contributed by atoms with E-state index >= 15 is 0 Å². The van der Waals surface area contributed by atoms with Crippen molar-refractivity contribution in [2.75, 3.05) is 27.2 Å². The molecule has 1 aromatic rings. The van der Waals surface area contributed by atoms with E-state index in [0.717, 1.165) is 13.0 Å². The molecule has 2 rings (SSSR count). The molecule has 0 aliphatic carbocycles. The molecular weight excluding hydrogens is 309 g/mol. The molecule has 1 heterocycles. The van der Waals surface area contributed by atoms with Crippen molar-refractivity contribution in [3.63, 3.8) is 0 Å². The van der Waals surface area contributed by atoms with Crippen LogP contribution in [-0.2, 0) is 4.79 Å². The maximum absolute atomic E-state index is 13.3. The van der Waals surface area contributed by atoms with Gasteiger partial charge in [-0.2, -0.15) is 13.2 Å². The zero-order valence-corrected chi connectivity index (χ0v) is 13.2. The lowest BCUT2D eigenvalue weighted by molar-refractivity contribution is -0.165. The minimum atomic E-state index is -4.55. The third-order valence-corrected chi connectivity index (χ3v) is 4.06. The molecule has 2 atom stereocenters. The normalized spacial score (nSPS) is 20.8. The van der Waals surface area contributed by atoms with Gasteiger partial charge in [-0.25, -0.2) is 0 Å². The number of halogens is 3. The molecule has 1 aromatic carbocycles. The molecule has 1 aliphatic rings. The molecule has 4 nitrogen and oxygen atoms in total. The SMILES string of the molecule is COc1ccc([C@H](NC(=O)[C@@H]2CCCN(C)C2)C(F)(F)F)cc1. The van der Waals surface area contributed by atoms with Gasteiger partial charge in [-0.1, -0.05) is 12.1 Å². The Morgan fingerprint density at radius 3 is 2.52 bits per heavy atom. The van der Waals surface area contributed by atoms with Crippen LogP contribution >= 0.6 is 0 Å². The summed E-state index contributed by atoms with van der Waals surface area (Å²) in [6, 6.07) is 3.55. The molecule has 128 valence electrons. The molecule has 23 heavy (non-hydrogen) atoms. The van der Waals surface area contributed by atoms with Gasteiger partial charge in [-0.15, -0.1) is 0 Å². The Bertz CT molecular complexity index is 531. The van der Waals surface area contributed by atoms with Gasteiger partial charge >= 0.3 is 6.18 Å². The smallest absolute Gasteiger partial charge is 0.412 e. The Kier molecular flexibility index (Phi) is 5.51. The fourth-order valence-corrected chi connectivity index (χ4v) is 2.79. The number of amides is 1. The lowest BCUT2D eigenvalue weighted by Gasteiger charge is -2.30. The van der Waals surface area contributed by atoms with Crippen molar-refractivity contribution in [2.45, 2.75) is 25.1 Å². The summed E-state index contributed by atoms with van der Waals surface area (Å²) in [5, 5.41) is 2.17. The number of piperidine rings is 1. The van der Waals surface area contributed by atoms with Crippen LogP contribution in [0.3, 0.4) is 0 Å². The van der Waals surface area contributed by atoms with Gasteiger partial charge in [0.05, 0.1) is 13.0 Å². The number of likely N-dealkylation sites (tertiary alicyclic amines) is 1. The first-order valence-electron chi connectivity index (χ1n) is 7.51. The average molecular weight is 330 g/mol. The van der Waals surface area contributed by atoms with Crippen molar-refractivity contribution in [1.82, 2.24) is 10.2 Å². The fraction of sp³-hybridized carbons (Fsp3) is 0.562. The Hall–Kier alpha value is -1.76. The van der Waals surface area contributed by atoms with Gasteiger partial charge in [0.25, 0.3) is 0 Å². The average Bonchev–Trinajstić information content (AvgIpc) is 2.51. The third kappa shape index (κ3) is 4.60. The van der Waals surface area contributed by atoms with Crippen LogP contribution in [0.5, 0.6) is 5.75 Å². The number of ether oxygens (including phenoxy) is 1. The molecule has 1 N–H and O–H groups in total. The summed E-state index contributed by atoms with van der Waals surface area (Å²) in [6.45, 7) is 1.35. The molecule has 1 amide bonds. The number of hydrogen-bond acceptors (Lipinski definition) is 3. The summed E-state index contributed by atoms with van der Waals surface area (Å²) in [5.41, 5.74) is -0.00388. The molecule has 0 saturated carbocycles. The second kappa shape index (κ2) is 7.21. The van der Waals surface area contributed by atoms with Gasteiger partial charge in [0, 0.05) is 6.54 Å². The third-order valence-electron chi connectivity index (χ3n) is 4.06. The summed E-state index contributed by atoms with van der Waals surface area (Å²) >= 11 is 0. The largest absolute Gasteiger partial charge is 0.497 e. The van der Waals surface area contributed by atoms with E-state index in [-0.39, 0.29) is 5.56 Å². The highest BCUT2D eigenvalue weighted by Crippen LogP contribution is 2.34. The Balaban J connectivity index is 2.13. The summed E-state index contributed by atoms with van der Waals surface area (Å²) in [5.74, 6) is -0.485. The Morgan fingerprint density at radius 2 is 2.00 bits per heavy atom. The number of methoxy groups -OCH3 is 1. The van der Waals surface area contributed by atoms with E-state index in [2.05, 4.69) is 5.32 Å². The predicted molar refractivity (Wildman–Crippen MR) is 80.2 cm³/mol. The number of nitrogens with one attached hydrogen (secondary N) is 1. The van der Waals surface area contributed by atoms with E-state index in [1.165, 1.54) is 31.4 Å². The molecule has 7 heteroatoms. The van der Waals surface area contributed by atoms with Crippen LogP contribution in [0.2, 0.25) is 0 Å².